The molecule has 39 heavy (non-hydrogen) atoms. The number of hydrogen-bond donors (Lipinski definition) is 0. The van der Waals surface area contributed by atoms with Crippen LogP contribution in [0.4, 0.5) is 0 Å². The van der Waals surface area contributed by atoms with Crippen molar-refractivity contribution in [2.75, 3.05) is 0 Å². The summed E-state index contributed by atoms with van der Waals surface area (Å²) in [7, 11) is 0. The van der Waals surface area contributed by atoms with Crippen LogP contribution in [0.3, 0.4) is 0 Å². The number of benzene rings is 1. The van der Waals surface area contributed by atoms with Crippen LogP contribution in [0, 0.1) is 23.2 Å². The molecule has 0 aromatic heterocycles. The van der Waals surface area contributed by atoms with Crippen molar-refractivity contribution in [1.29, 1.82) is 0 Å². The van der Waals surface area contributed by atoms with Crippen LogP contribution in [0.1, 0.15) is 154 Å². The molecule has 0 fully saturated rings. The number of rotatable bonds is 9. The lowest BCUT2D eigenvalue weighted by molar-refractivity contribution is 0.351. The smallest absolute Gasteiger partial charge is 0.00281 e. The van der Waals surface area contributed by atoms with Gasteiger partial charge in [0.05, 0.1) is 0 Å². The van der Waals surface area contributed by atoms with Gasteiger partial charge in [-0.05, 0) is 73.5 Å². The zero-order chi connectivity index (χ0) is 31.2. The summed E-state index contributed by atoms with van der Waals surface area (Å²) in [5.74, 6) is 2.08. The van der Waals surface area contributed by atoms with E-state index in [1.54, 1.807) is 5.57 Å². The van der Waals surface area contributed by atoms with Crippen molar-refractivity contribution >= 4 is 11.1 Å². The van der Waals surface area contributed by atoms with E-state index >= 15 is 0 Å². The summed E-state index contributed by atoms with van der Waals surface area (Å²) in [6.07, 6.45) is 12.3. The van der Waals surface area contributed by atoms with Crippen LogP contribution < -0.4 is 0 Å². The van der Waals surface area contributed by atoms with Gasteiger partial charge in [0.1, 0.15) is 0 Å². The molecule has 0 heterocycles. The lowest BCUT2D eigenvalue weighted by Gasteiger charge is -2.40. The molecular formula is C39H70. The standard InChI is InChI=1S/C22H30.C11H22.3C2H6/c1-7-9-21-17(5)20(14-15-22(21,6)8-2)19-12-10-18(11-13-19)16(3)4;1-6-8-11(9(3)4)10(5)7-2;3*1-2/h9-14,17H,3,7-8,15H2,1-2,4-6H3;10-11H,3,6-8H2,1-2,4-5H3;3*1-2H3/b21-9-;;;;. The van der Waals surface area contributed by atoms with E-state index in [1.165, 1.54) is 48.0 Å². The summed E-state index contributed by atoms with van der Waals surface area (Å²) >= 11 is 0. The average molecular weight is 539 g/mol. The molecule has 0 aliphatic heterocycles. The first-order valence-corrected chi connectivity index (χ1v) is 16.4. The van der Waals surface area contributed by atoms with Gasteiger partial charge < -0.3 is 0 Å². The Kier molecular flexibility index (Phi) is 25.7. The van der Waals surface area contributed by atoms with E-state index < -0.39 is 0 Å². The van der Waals surface area contributed by atoms with Gasteiger partial charge in [-0.15, -0.1) is 0 Å². The van der Waals surface area contributed by atoms with E-state index in [9.17, 15) is 0 Å². The summed E-state index contributed by atoms with van der Waals surface area (Å²) in [6.45, 7) is 40.5. The summed E-state index contributed by atoms with van der Waals surface area (Å²) in [5.41, 5.74) is 8.52. The topological polar surface area (TPSA) is 0 Å². The maximum absolute atomic E-state index is 4.04. The van der Waals surface area contributed by atoms with Gasteiger partial charge in [-0.25, -0.2) is 0 Å². The van der Waals surface area contributed by atoms with Gasteiger partial charge >= 0.3 is 0 Å². The fourth-order valence-corrected chi connectivity index (χ4v) is 5.24. The van der Waals surface area contributed by atoms with Crippen molar-refractivity contribution in [3.8, 4) is 0 Å². The van der Waals surface area contributed by atoms with Crippen LogP contribution in [0.2, 0.25) is 0 Å². The Labute approximate surface area is 248 Å². The largest absolute Gasteiger partial charge is 0.0999 e. The predicted molar refractivity (Wildman–Crippen MR) is 186 cm³/mol. The Balaban J connectivity index is -0.000000645. The molecule has 1 aromatic rings. The fraction of sp³-hybridized carbons (Fsp3) is 0.641. The van der Waals surface area contributed by atoms with Gasteiger partial charge in [0.15, 0.2) is 0 Å². The Bertz CT molecular complexity index is 816. The van der Waals surface area contributed by atoms with Crippen molar-refractivity contribution in [2.24, 2.45) is 23.2 Å². The molecule has 1 aromatic carbocycles. The van der Waals surface area contributed by atoms with Gasteiger partial charge in [-0.3, -0.25) is 0 Å². The minimum atomic E-state index is 0.330. The Morgan fingerprint density at radius 1 is 0.949 bits per heavy atom. The average Bonchev–Trinajstić information content (AvgIpc) is 2.97. The van der Waals surface area contributed by atoms with Crippen LogP contribution >= 0.6 is 0 Å². The molecule has 0 radical (unpaired) electrons. The van der Waals surface area contributed by atoms with Crippen LogP contribution in [-0.4, -0.2) is 0 Å². The number of allylic oxidation sites excluding steroid dienone is 6. The van der Waals surface area contributed by atoms with E-state index in [1.807, 2.05) is 41.5 Å². The second-order valence-corrected chi connectivity index (χ2v) is 10.6. The molecular weight excluding hydrogens is 468 g/mol. The van der Waals surface area contributed by atoms with Crippen molar-refractivity contribution in [3.05, 3.63) is 71.8 Å². The third-order valence-electron chi connectivity index (χ3n) is 7.88. The van der Waals surface area contributed by atoms with Gasteiger partial charge in [0.25, 0.3) is 0 Å². The van der Waals surface area contributed by atoms with E-state index in [0.29, 0.717) is 11.3 Å². The van der Waals surface area contributed by atoms with Crippen molar-refractivity contribution < 1.29 is 0 Å². The second kappa shape index (κ2) is 24.0. The fourth-order valence-electron chi connectivity index (χ4n) is 5.24. The molecule has 0 amide bonds. The summed E-state index contributed by atoms with van der Waals surface area (Å²) in [4.78, 5) is 0. The van der Waals surface area contributed by atoms with Crippen molar-refractivity contribution in [2.45, 2.75) is 142 Å². The van der Waals surface area contributed by atoms with Gasteiger partial charge in [-0.1, -0.05) is 169 Å². The molecule has 1 aliphatic rings. The zero-order valence-electron chi connectivity index (χ0n) is 29.4. The lowest BCUT2D eigenvalue weighted by atomic mass is 9.65. The minimum Gasteiger partial charge on any atom is -0.0999 e. The first-order chi connectivity index (χ1) is 18.6. The van der Waals surface area contributed by atoms with Crippen molar-refractivity contribution in [1.82, 2.24) is 0 Å². The molecule has 0 bridgehead atoms. The molecule has 0 spiro atoms. The first-order valence-electron chi connectivity index (χ1n) is 16.4. The molecule has 0 nitrogen and oxygen atoms in total. The minimum absolute atomic E-state index is 0.330. The molecule has 1 aliphatic carbocycles. The molecule has 2 rings (SSSR count). The normalized spacial score (nSPS) is 20.1. The first kappa shape index (κ1) is 41.7. The maximum atomic E-state index is 4.04. The monoisotopic (exact) mass is 539 g/mol. The molecule has 0 saturated heterocycles. The van der Waals surface area contributed by atoms with Crippen LogP contribution in [0.25, 0.3) is 11.1 Å². The summed E-state index contributed by atoms with van der Waals surface area (Å²) < 4.78 is 0. The van der Waals surface area contributed by atoms with Crippen LogP contribution in [0.15, 0.2) is 60.7 Å². The Morgan fingerprint density at radius 3 is 1.82 bits per heavy atom. The summed E-state index contributed by atoms with van der Waals surface area (Å²) in [6, 6.07) is 8.90. The Morgan fingerprint density at radius 2 is 1.46 bits per heavy atom. The molecule has 0 heteroatoms. The van der Waals surface area contributed by atoms with Crippen molar-refractivity contribution in [3.63, 3.8) is 0 Å². The molecule has 226 valence electrons. The van der Waals surface area contributed by atoms with E-state index in [2.05, 4.69) is 112 Å². The van der Waals surface area contributed by atoms with Gasteiger partial charge in [-0.2, -0.15) is 0 Å². The predicted octanol–water partition coefficient (Wildman–Crippen LogP) is 14.0. The molecule has 4 atom stereocenters. The van der Waals surface area contributed by atoms with Gasteiger partial charge in [0.2, 0.25) is 0 Å². The van der Waals surface area contributed by atoms with Crippen LogP contribution in [-0.2, 0) is 0 Å². The highest BCUT2D eigenvalue weighted by atomic mass is 14.4. The number of hydrogen-bond acceptors (Lipinski definition) is 0. The highest BCUT2D eigenvalue weighted by Crippen LogP contribution is 2.48. The second-order valence-electron chi connectivity index (χ2n) is 10.6. The van der Waals surface area contributed by atoms with E-state index in [0.717, 1.165) is 30.3 Å². The quantitative estimate of drug-likeness (QED) is 0.274. The Hall–Kier alpha value is -1.82. The summed E-state index contributed by atoms with van der Waals surface area (Å²) in [5, 5.41) is 0. The highest BCUT2D eigenvalue weighted by molar-refractivity contribution is 5.73. The molecule has 0 N–H and O–H groups in total. The molecule has 4 unspecified atom stereocenters. The zero-order valence-corrected chi connectivity index (χ0v) is 29.4. The van der Waals surface area contributed by atoms with E-state index in [4.69, 9.17) is 0 Å². The maximum Gasteiger partial charge on any atom is 0.00281 e. The van der Waals surface area contributed by atoms with Crippen LogP contribution in [0.5, 0.6) is 0 Å². The lowest BCUT2D eigenvalue weighted by Crippen LogP contribution is -2.26. The van der Waals surface area contributed by atoms with Gasteiger partial charge in [0, 0.05) is 5.92 Å². The van der Waals surface area contributed by atoms with E-state index in [-0.39, 0.29) is 0 Å². The molecule has 0 saturated carbocycles. The highest BCUT2D eigenvalue weighted by Gasteiger charge is 2.34. The SMILES string of the molecule is C=C(C)C(CCC)C(C)CC.C=C(C)c1ccc(C2=CCC(C)(CC)/C(=C\CC)C2C)cc1.CC.CC.CC. The third-order valence-corrected chi connectivity index (χ3v) is 7.88. The third kappa shape index (κ3) is 13.9.